The van der Waals surface area contributed by atoms with E-state index in [1.807, 2.05) is 43.3 Å². The first-order valence-corrected chi connectivity index (χ1v) is 9.91. The second-order valence-corrected chi connectivity index (χ2v) is 8.07. The molecule has 30 heavy (non-hydrogen) atoms. The number of alkyl carbamates (subject to hydrolysis) is 1. The van der Waals surface area contributed by atoms with Crippen molar-refractivity contribution in [2.75, 3.05) is 11.9 Å². The third-order valence-corrected chi connectivity index (χ3v) is 4.53. The first kappa shape index (κ1) is 21.4. The van der Waals surface area contributed by atoms with Gasteiger partial charge in [0.25, 0.3) is 6.01 Å². The van der Waals surface area contributed by atoms with Crippen molar-refractivity contribution >= 4 is 23.0 Å². The minimum atomic E-state index is -0.572. The van der Waals surface area contributed by atoms with E-state index in [9.17, 15) is 9.59 Å². The summed E-state index contributed by atoms with van der Waals surface area (Å²) in [5, 5.41) is 6.19. The Morgan fingerprint density at radius 2 is 1.87 bits per heavy atom. The van der Waals surface area contributed by atoms with E-state index in [1.165, 1.54) is 5.56 Å². The molecule has 1 aromatic heterocycles. The van der Waals surface area contributed by atoms with Gasteiger partial charge in [0.1, 0.15) is 5.60 Å². The van der Waals surface area contributed by atoms with Crippen LogP contribution in [0.1, 0.15) is 37.5 Å². The summed E-state index contributed by atoms with van der Waals surface area (Å²) < 4.78 is 10.6. The molecule has 3 rings (SSSR count). The van der Waals surface area contributed by atoms with Crippen LogP contribution in [0, 0.1) is 6.92 Å². The molecule has 0 spiro atoms. The van der Waals surface area contributed by atoms with Crippen LogP contribution in [0.3, 0.4) is 0 Å². The fraction of sp³-hybridized carbons (Fsp3) is 0.348. The number of carbonyl (C=O) groups is 1. The summed E-state index contributed by atoms with van der Waals surface area (Å²) in [6.45, 7) is 8.06. The molecule has 3 aromatic rings. The van der Waals surface area contributed by atoms with Crippen LogP contribution in [0.25, 0.3) is 10.9 Å². The van der Waals surface area contributed by atoms with E-state index >= 15 is 0 Å². The number of nitrogens with one attached hydrogen (secondary N) is 2. The number of amides is 1. The summed E-state index contributed by atoms with van der Waals surface area (Å²) in [5.41, 5.74) is 2.22. The van der Waals surface area contributed by atoms with E-state index in [-0.39, 0.29) is 12.6 Å². The van der Waals surface area contributed by atoms with Gasteiger partial charge in [-0.1, -0.05) is 36.4 Å². The van der Waals surface area contributed by atoms with Gasteiger partial charge in [0.15, 0.2) is 0 Å². The molecule has 0 unspecified atom stereocenters. The van der Waals surface area contributed by atoms with E-state index in [1.54, 1.807) is 26.8 Å². The van der Waals surface area contributed by atoms with Gasteiger partial charge in [-0.3, -0.25) is 0 Å². The topological polar surface area (TPSA) is 93.5 Å². The fourth-order valence-electron chi connectivity index (χ4n) is 3.07. The lowest BCUT2D eigenvalue weighted by Gasteiger charge is -2.20. The quantitative estimate of drug-likeness (QED) is 0.634. The molecule has 1 heterocycles. The first-order valence-electron chi connectivity index (χ1n) is 9.91. The van der Waals surface area contributed by atoms with Gasteiger partial charge in [0, 0.05) is 13.1 Å². The SMILES string of the molecule is Cc1c(CNC(=O)OC(C)(C)C)ccc2nc(NCCc3ccccc3)oc(=O)c12. The molecule has 1 amide bonds. The monoisotopic (exact) mass is 409 g/mol. The smallest absolute Gasteiger partial charge is 0.407 e. The van der Waals surface area contributed by atoms with Gasteiger partial charge in [0.05, 0.1) is 10.9 Å². The lowest BCUT2D eigenvalue weighted by atomic mass is 10.0. The molecule has 0 saturated heterocycles. The second kappa shape index (κ2) is 8.98. The molecular formula is C23H27N3O4. The van der Waals surface area contributed by atoms with Gasteiger partial charge in [-0.05, 0) is 56.9 Å². The van der Waals surface area contributed by atoms with Crippen molar-refractivity contribution in [3.8, 4) is 0 Å². The highest BCUT2D eigenvalue weighted by Crippen LogP contribution is 2.19. The van der Waals surface area contributed by atoms with Crippen LogP contribution >= 0.6 is 0 Å². The largest absolute Gasteiger partial charge is 0.444 e. The second-order valence-electron chi connectivity index (χ2n) is 8.07. The van der Waals surface area contributed by atoms with Gasteiger partial charge >= 0.3 is 11.7 Å². The zero-order chi connectivity index (χ0) is 21.7. The molecule has 0 aliphatic carbocycles. The standard InChI is InChI=1S/C23H27N3O4/c1-15-17(14-25-22(28)30-23(2,3)4)10-11-18-19(15)20(27)29-21(26-18)24-13-12-16-8-6-5-7-9-16/h5-11H,12-14H2,1-4H3,(H,24,26)(H,25,28). The molecule has 2 N–H and O–H groups in total. The Labute approximate surface area is 175 Å². The predicted octanol–water partition coefficient (Wildman–Crippen LogP) is 4.18. The van der Waals surface area contributed by atoms with Crippen molar-refractivity contribution in [2.24, 2.45) is 0 Å². The summed E-state index contributed by atoms with van der Waals surface area (Å²) in [6.07, 6.45) is 0.281. The Bertz CT molecular complexity index is 1090. The van der Waals surface area contributed by atoms with Gasteiger partial charge in [-0.2, -0.15) is 4.98 Å². The Hall–Kier alpha value is -3.35. The Balaban J connectivity index is 1.71. The first-order chi connectivity index (χ1) is 14.2. The molecule has 0 fully saturated rings. The zero-order valence-corrected chi connectivity index (χ0v) is 17.7. The van der Waals surface area contributed by atoms with Gasteiger partial charge in [-0.15, -0.1) is 0 Å². The maximum absolute atomic E-state index is 12.6. The number of hydrogen-bond donors (Lipinski definition) is 2. The van der Waals surface area contributed by atoms with E-state index in [4.69, 9.17) is 9.15 Å². The van der Waals surface area contributed by atoms with Gasteiger partial charge < -0.3 is 19.8 Å². The number of nitrogens with zero attached hydrogens (tertiary/aromatic N) is 1. The molecule has 0 aliphatic heterocycles. The van der Waals surface area contributed by atoms with Crippen LogP contribution in [0.4, 0.5) is 10.8 Å². The van der Waals surface area contributed by atoms with Crippen LogP contribution in [0.2, 0.25) is 0 Å². The summed E-state index contributed by atoms with van der Waals surface area (Å²) >= 11 is 0. The maximum atomic E-state index is 12.6. The highest BCUT2D eigenvalue weighted by atomic mass is 16.6. The normalized spacial score (nSPS) is 11.3. The van der Waals surface area contributed by atoms with Crippen LogP contribution in [0.5, 0.6) is 0 Å². The minimum Gasteiger partial charge on any atom is -0.444 e. The van der Waals surface area contributed by atoms with Crippen LogP contribution < -0.4 is 16.3 Å². The summed E-state index contributed by atoms with van der Waals surface area (Å²) in [5.74, 6) is 0. The zero-order valence-electron chi connectivity index (χ0n) is 17.7. The van der Waals surface area contributed by atoms with E-state index in [2.05, 4.69) is 15.6 Å². The van der Waals surface area contributed by atoms with Crippen molar-refractivity contribution in [3.63, 3.8) is 0 Å². The summed E-state index contributed by atoms with van der Waals surface area (Å²) in [4.78, 5) is 28.9. The Morgan fingerprint density at radius 3 is 2.57 bits per heavy atom. The van der Waals surface area contributed by atoms with Crippen LogP contribution in [0.15, 0.2) is 51.7 Å². The maximum Gasteiger partial charge on any atom is 0.407 e. The molecular weight excluding hydrogens is 382 g/mol. The molecule has 2 aromatic carbocycles. The number of anilines is 1. The molecule has 158 valence electrons. The van der Waals surface area contributed by atoms with E-state index in [0.717, 1.165) is 17.5 Å². The summed E-state index contributed by atoms with van der Waals surface area (Å²) in [6, 6.07) is 13.8. The van der Waals surface area contributed by atoms with Gasteiger partial charge in [0.2, 0.25) is 0 Å². The van der Waals surface area contributed by atoms with Crippen molar-refractivity contribution in [1.29, 1.82) is 0 Å². The Kier molecular flexibility index (Phi) is 6.40. The number of aromatic nitrogens is 1. The predicted molar refractivity (Wildman–Crippen MR) is 117 cm³/mol. The number of aryl methyl sites for hydroxylation is 1. The number of rotatable bonds is 6. The summed E-state index contributed by atoms with van der Waals surface area (Å²) in [7, 11) is 0. The number of carbonyl (C=O) groups excluding carboxylic acids is 1. The molecule has 7 nitrogen and oxygen atoms in total. The number of benzene rings is 2. The average molecular weight is 409 g/mol. The van der Waals surface area contributed by atoms with Crippen molar-refractivity contribution in [2.45, 2.75) is 46.3 Å². The molecule has 0 atom stereocenters. The van der Waals surface area contributed by atoms with Gasteiger partial charge in [-0.25, -0.2) is 9.59 Å². The number of fused-ring (bicyclic) bond motifs is 1. The van der Waals surface area contributed by atoms with Crippen molar-refractivity contribution in [1.82, 2.24) is 10.3 Å². The lowest BCUT2D eigenvalue weighted by molar-refractivity contribution is 0.0523. The Morgan fingerprint density at radius 1 is 1.13 bits per heavy atom. The molecule has 0 saturated carbocycles. The lowest BCUT2D eigenvalue weighted by Crippen LogP contribution is -2.32. The van der Waals surface area contributed by atoms with Crippen molar-refractivity contribution < 1.29 is 13.9 Å². The number of hydrogen-bond acceptors (Lipinski definition) is 6. The minimum absolute atomic E-state index is 0.197. The molecule has 0 bridgehead atoms. The molecule has 7 heteroatoms. The third kappa shape index (κ3) is 5.59. The van der Waals surface area contributed by atoms with Crippen molar-refractivity contribution in [3.05, 3.63) is 69.6 Å². The van der Waals surface area contributed by atoms with E-state index in [0.29, 0.717) is 17.4 Å². The van der Waals surface area contributed by atoms with Crippen LogP contribution in [-0.4, -0.2) is 23.2 Å². The highest BCUT2D eigenvalue weighted by molar-refractivity contribution is 5.82. The van der Waals surface area contributed by atoms with E-state index < -0.39 is 17.3 Å². The average Bonchev–Trinajstić information content (AvgIpc) is 2.66. The highest BCUT2D eigenvalue weighted by Gasteiger charge is 2.17. The molecule has 0 aliphatic rings. The third-order valence-electron chi connectivity index (χ3n) is 4.53. The van der Waals surface area contributed by atoms with Crippen LogP contribution in [-0.2, 0) is 17.7 Å². The number of ether oxygens (including phenoxy) is 1. The fourth-order valence-corrected chi connectivity index (χ4v) is 3.07. The molecule has 0 radical (unpaired) electrons.